The van der Waals surface area contributed by atoms with E-state index in [0.29, 0.717) is 8.97 Å². The van der Waals surface area contributed by atoms with Crippen LogP contribution in [-0.2, 0) is 0 Å². The molecule has 3 heteroatoms. The Kier molecular flexibility index (Phi) is 2.99. The first kappa shape index (κ1) is 11.9. The number of rotatable bonds is 1. The van der Waals surface area contributed by atoms with Crippen molar-refractivity contribution in [3.05, 3.63) is 43.4 Å². The molecule has 1 fully saturated rings. The summed E-state index contributed by atoms with van der Waals surface area (Å²) in [5.41, 5.74) is 1.06. The molecule has 0 bridgehead atoms. The van der Waals surface area contributed by atoms with E-state index in [9.17, 15) is 0 Å². The highest BCUT2D eigenvalue weighted by molar-refractivity contribution is 6.30. The van der Waals surface area contributed by atoms with Crippen LogP contribution in [0, 0.1) is 14.1 Å². The number of hydrogen-bond acceptors (Lipinski definition) is 0. The molecule has 1 aliphatic rings. The van der Waals surface area contributed by atoms with Crippen LogP contribution in [0.5, 0.6) is 0 Å². The summed E-state index contributed by atoms with van der Waals surface area (Å²) >= 11 is 5.99. The van der Waals surface area contributed by atoms with Gasteiger partial charge in [0.1, 0.15) is 31.9 Å². The van der Waals surface area contributed by atoms with Crippen LogP contribution in [0.3, 0.4) is 0 Å². The van der Waals surface area contributed by atoms with Gasteiger partial charge in [-0.3, -0.25) is 4.48 Å². The predicted octanol–water partition coefficient (Wildman–Crippen LogP) is 2.44. The Bertz CT molecular complexity index is 377. The number of nitrogens with zero attached hydrogens (tertiary/aromatic N) is 2. The van der Waals surface area contributed by atoms with Crippen molar-refractivity contribution >= 4 is 17.3 Å². The van der Waals surface area contributed by atoms with Crippen molar-refractivity contribution < 1.29 is 4.48 Å². The lowest BCUT2D eigenvalue weighted by Gasteiger charge is -2.42. The highest BCUT2D eigenvalue weighted by Gasteiger charge is 2.37. The SMILES string of the molecule is [CH][N+]1(C)CC[N+]([CH])(c2cccc(Cl)c2)CC1. The van der Waals surface area contributed by atoms with E-state index in [4.69, 9.17) is 25.7 Å². The lowest BCUT2D eigenvalue weighted by Crippen LogP contribution is -2.61. The zero-order valence-corrected chi connectivity index (χ0v) is 10.3. The van der Waals surface area contributed by atoms with Gasteiger partial charge >= 0.3 is 0 Å². The third-order valence-corrected chi connectivity index (χ3v) is 3.58. The molecular weight excluding hydrogens is 220 g/mol. The number of likely N-dealkylation sites (N-methyl/N-ethyl adjacent to an activating group) is 1. The Balaban J connectivity index is 2.21. The van der Waals surface area contributed by atoms with Crippen molar-refractivity contribution in [3.8, 4) is 0 Å². The maximum Gasteiger partial charge on any atom is 0.212 e. The fourth-order valence-corrected chi connectivity index (χ4v) is 2.23. The average molecular weight is 237 g/mol. The van der Waals surface area contributed by atoms with Gasteiger partial charge in [0.2, 0.25) is 14.1 Å². The fourth-order valence-electron chi connectivity index (χ4n) is 2.05. The van der Waals surface area contributed by atoms with E-state index in [1.165, 1.54) is 0 Å². The Morgan fingerprint density at radius 1 is 1.12 bits per heavy atom. The van der Waals surface area contributed by atoms with Gasteiger partial charge in [0.15, 0.2) is 0 Å². The summed E-state index contributed by atoms with van der Waals surface area (Å²) in [4.78, 5) is 0. The van der Waals surface area contributed by atoms with Gasteiger partial charge in [-0.2, -0.15) is 0 Å². The van der Waals surface area contributed by atoms with Gasteiger partial charge in [-0.15, -0.1) is 0 Å². The second-order valence-corrected chi connectivity index (χ2v) is 5.32. The molecule has 0 atom stereocenters. The average Bonchev–Trinajstić information content (AvgIpc) is 2.23. The van der Waals surface area contributed by atoms with E-state index in [-0.39, 0.29) is 0 Å². The molecule has 1 aromatic carbocycles. The molecule has 0 N–H and O–H groups in total. The minimum absolute atomic E-state index is 0.436. The van der Waals surface area contributed by atoms with Gasteiger partial charge in [0.25, 0.3) is 0 Å². The van der Waals surface area contributed by atoms with E-state index in [1.54, 1.807) is 0 Å². The van der Waals surface area contributed by atoms with Crippen molar-refractivity contribution in [1.29, 1.82) is 0 Å². The largest absolute Gasteiger partial charge is 0.304 e. The second-order valence-electron chi connectivity index (χ2n) is 4.89. The molecule has 0 saturated carbocycles. The Morgan fingerprint density at radius 2 is 1.75 bits per heavy atom. The molecule has 1 saturated heterocycles. The summed E-state index contributed by atoms with van der Waals surface area (Å²) < 4.78 is 0.989. The van der Waals surface area contributed by atoms with Gasteiger partial charge in [-0.05, 0) is 12.1 Å². The van der Waals surface area contributed by atoms with Crippen LogP contribution in [0.2, 0.25) is 5.02 Å². The van der Waals surface area contributed by atoms with Crippen LogP contribution < -0.4 is 4.48 Å². The smallest absolute Gasteiger partial charge is 0.212 e. The minimum Gasteiger partial charge on any atom is -0.304 e. The lowest BCUT2D eigenvalue weighted by molar-refractivity contribution is -0.869. The Morgan fingerprint density at radius 3 is 2.31 bits per heavy atom. The van der Waals surface area contributed by atoms with Crippen LogP contribution in [0.1, 0.15) is 0 Å². The molecule has 0 aromatic heterocycles. The molecule has 0 spiro atoms. The van der Waals surface area contributed by atoms with E-state index < -0.39 is 0 Å². The van der Waals surface area contributed by atoms with Crippen molar-refractivity contribution in [2.75, 3.05) is 33.2 Å². The second kappa shape index (κ2) is 4.02. The van der Waals surface area contributed by atoms with Crippen molar-refractivity contribution in [2.24, 2.45) is 0 Å². The molecule has 0 unspecified atom stereocenters. The molecule has 0 aliphatic carbocycles. The molecule has 1 aliphatic heterocycles. The van der Waals surface area contributed by atoms with Crippen molar-refractivity contribution in [2.45, 2.75) is 0 Å². The van der Waals surface area contributed by atoms with E-state index in [2.05, 4.69) is 0 Å². The zero-order chi connectivity index (χ0) is 11.8. The van der Waals surface area contributed by atoms with Crippen LogP contribution in [-0.4, -0.2) is 37.7 Å². The molecule has 1 heterocycles. The predicted molar refractivity (Wildman–Crippen MR) is 67.5 cm³/mol. The van der Waals surface area contributed by atoms with Crippen molar-refractivity contribution in [3.63, 3.8) is 0 Å². The van der Waals surface area contributed by atoms with Crippen LogP contribution in [0.25, 0.3) is 0 Å². The quantitative estimate of drug-likeness (QED) is 0.658. The minimum atomic E-state index is 0.436. The molecule has 2 nitrogen and oxygen atoms in total. The zero-order valence-electron chi connectivity index (χ0n) is 9.56. The summed E-state index contributed by atoms with van der Waals surface area (Å²) in [6.07, 6.45) is 0. The molecule has 1 aromatic rings. The molecule has 0 amide bonds. The number of benzene rings is 1. The molecule has 4 radical (unpaired) electrons. The van der Waals surface area contributed by atoms with Crippen LogP contribution in [0.4, 0.5) is 5.69 Å². The maximum atomic E-state index is 6.38. The monoisotopic (exact) mass is 236 g/mol. The summed E-state index contributed by atoms with van der Waals surface area (Å²) in [6, 6.07) is 7.77. The topological polar surface area (TPSA) is 0 Å². The van der Waals surface area contributed by atoms with Crippen LogP contribution in [0.15, 0.2) is 24.3 Å². The third-order valence-electron chi connectivity index (χ3n) is 3.34. The molecular formula is C13H17ClN2+2. The Labute approximate surface area is 103 Å². The van der Waals surface area contributed by atoms with Gasteiger partial charge in [0, 0.05) is 11.1 Å². The number of piperazine rings is 1. The molecule has 16 heavy (non-hydrogen) atoms. The first-order valence-corrected chi connectivity index (χ1v) is 5.84. The summed E-state index contributed by atoms with van der Waals surface area (Å²) in [6.45, 7) is 3.44. The van der Waals surface area contributed by atoms with Crippen molar-refractivity contribution in [1.82, 2.24) is 4.48 Å². The summed E-state index contributed by atoms with van der Waals surface area (Å²) in [5.74, 6) is 0. The van der Waals surface area contributed by atoms with Crippen LogP contribution >= 0.6 is 11.6 Å². The first-order valence-electron chi connectivity index (χ1n) is 5.46. The third kappa shape index (κ3) is 2.40. The Hall–Kier alpha value is -0.570. The van der Waals surface area contributed by atoms with Gasteiger partial charge in [-0.25, -0.2) is 0 Å². The highest BCUT2D eigenvalue weighted by Crippen LogP contribution is 2.28. The summed E-state index contributed by atoms with van der Waals surface area (Å²) in [5, 5.41) is 0.732. The highest BCUT2D eigenvalue weighted by atomic mass is 35.5. The van der Waals surface area contributed by atoms with Gasteiger partial charge < -0.3 is 4.48 Å². The maximum absolute atomic E-state index is 6.38. The van der Waals surface area contributed by atoms with E-state index >= 15 is 0 Å². The number of hydrogen-bond donors (Lipinski definition) is 0. The van der Waals surface area contributed by atoms with Gasteiger partial charge in [-0.1, -0.05) is 17.7 Å². The standard InChI is InChI=1S/C13H17ClN2/c1-15(2)7-9-16(3,10-8-15)13-6-4-5-12(14)11-13/h1,3-6,11H,7-10H2,2H3/q+2. The number of halogens is 1. The lowest BCUT2D eigenvalue weighted by atomic mass is 10.2. The molecule has 84 valence electrons. The van der Waals surface area contributed by atoms with E-state index in [1.807, 2.05) is 31.3 Å². The number of quaternary nitrogens is 2. The normalized spacial score (nSPS) is 23.0. The first-order chi connectivity index (χ1) is 7.41. The van der Waals surface area contributed by atoms with Gasteiger partial charge in [0.05, 0.1) is 7.05 Å². The molecule has 2 rings (SSSR count). The van der Waals surface area contributed by atoms with E-state index in [0.717, 1.165) is 36.9 Å². The fraction of sp³-hybridized carbons (Fsp3) is 0.385. The summed E-state index contributed by atoms with van der Waals surface area (Å²) in [7, 11) is 14.5.